The number of hydrogen-bond acceptors (Lipinski definition) is 2. The summed E-state index contributed by atoms with van der Waals surface area (Å²) in [5.41, 5.74) is 9.02. The fraction of sp³-hybridized carbons (Fsp3) is 0.588. The first kappa shape index (κ1) is 15.5. The molecule has 3 unspecified atom stereocenters. The third-order valence-electron chi connectivity index (χ3n) is 4.65. The van der Waals surface area contributed by atoms with Crippen LogP contribution in [0.4, 0.5) is 0 Å². The van der Waals surface area contributed by atoms with Gasteiger partial charge in [-0.25, -0.2) is 0 Å². The van der Waals surface area contributed by atoms with E-state index < -0.39 is 0 Å². The van der Waals surface area contributed by atoms with E-state index in [0.717, 1.165) is 17.4 Å². The molecule has 1 aromatic carbocycles. The van der Waals surface area contributed by atoms with Crippen molar-refractivity contribution in [2.24, 2.45) is 17.6 Å². The molecule has 20 heavy (non-hydrogen) atoms. The molecule has 1 aliphatic carbocycles. The Balaban J connectivity index is 1.93. The van der Waals surface area contributed by atoms with Crippen LogP contribution in [-0.4, -0.2) is 11.1 Å². The summed E-state index contributed by atoms with van der Waals surface area (Å²) in [5.74, 6) is 1.60. The van der Waals surface area contributed by atoms with Crippen molar-refractivity contribution < 1.29 is 4.74 Å². The molecule has 1 aliphatic rings. The lowest BCUT2D eigenvalue weighted by molar-refractivity contribution is -0.00762. The maximum Gasteiger partial charge on any atom is 0.103 e. The largest absolute Gasteiger partial charge is 0.389 e. The minimum atomic E-state index is 0.413. The number of aryl methyl sites for hydroxylation is 1. The highest BCUT2D eigenvalue weighted by Crippen LogP contribution is 2.31. The third-order valence-corrected chi connectivity index (χ3v) is 4.89. The number of thiocarbonyl (C=S) groups is 1. The van der Waals surface area contributed by atoms with Crippen molar-refractivity contribution >= 4 is 17.2 Å². The van der Waals surface area contributed by atoms with Crippen molar-refractivity contribution in [3.63, 3.8) is 0 Å². The average Bonchev–Trinajstić information content (AvgIpc) is 2.41. The van der Waals surface area contributed by atoms with Gasteiger partial charge in [-0.15, -0.1) is 0 Å². The van der Waals surface area contributed by atoms with Crippen molar-refractivity contribution in [3.05, 3.63) is 34.9 Å². The summed E-state index contributed by atoms with van der Waals surface area (Å²) < 4.78 is 6.10. The topological polar surface area (TPSA) is 35.2 Å². The van der Waals surface area contributed by atoms with Crippen LogP contribution in [0.2, 0.25) is 0 Å². The quantitative estimate of drug-likeness (QED) is 0.853. The molecule has 3 heteroatoms. The molecule has 0 saturated heterocycles. The molecule has 0 heterocycles. The molecule has 0 amide bonds. The molecule has 0 aromatic heterocycles. The fourth-order valence-corrected chi connectivity index (χ4v) is 3.00. The van der Waals surface area contributed by atoms with E-state index in [1.54, 1.807) is 0 Å². The molecule has 1 saturated carbocycles. The van der Waals surface area contributed by atoms with Crippen LogP contribution < -0.4 is 5.73 Å². The monoisotopic (exact) mass is 291 g/mol. The highest BCUT2D eigenvalue weighted by atomic mass is 32.1. The first-order chi connectivity index (χ1) is 9.47. The SMILES string of the molecule is Cc1cc(C(N)=S)ccc1COC1CCC(C)C(C)C1. The molecule has 1 aromatic rings. The van der Waals surface area contributed by atoms with Crippen molar-refractivity contribution in [1.82, 2.24) is 0 Å². The summed E-state index contributed by atoms with van der Waals surface area (Å²) in [4.78, 5) is 0.454. The van der Waals surface area contributed by atoms with Crippen LogP contribution in [0, 0.1) is 18.8 Å². The van der Waals surface area contributed by atoms with Gasteiger partial charge in [-0.3, -0.25) is 0 Å². The first-order valence-electron chi connectivity index (χ1n) is 7.48. The molecule has 3 atom stereocenters. The van der Waals surface area contributed by atoms with Crippen LogP contribution >= 0.6 is 12.2 Å². The fourth-order valence-electron chi connectivity index (χ4n) is 2.87. The van der Waals surface area contributed by atoms with Crippen LogP contribution in [-0.2, 0) is 11.3 Å². The van der Waals surface area contributed by atoms with E-state index in [1.807, 2.05) is 12.1 Å². The zero-order valence-corrected chi connectivity index (χ0v) is 13.5. The predicted octanol–water partition coefficient (Wildman–Crippen LogP) is 3.97. The van der Waals surface area contributed by atoms with Crippen LogP contribution in [0.3, 0.4) is 0 Å². The molecule has 0 radical (unpaired) electrons. The van der Waals surface area contributed by atoms with Crippen molar-refractivity contribution in [3.8, 4) is 0 Å². The summed E-state index contributed by atoms with van der Waals surface area (Å²) in [6, 6.07) is 6.12. The molecule has 2 N–H and O–H groups in total. The summed E-state index contributed by atoms with van der Waals surface area (Å²) >= 11 is 5.00. The van der Waals surface area contributed by atoms with E-state index in [4.69, 9.17) is 22.7 Å². The van der Waals surface area contributed by atoms with Gasteiger partial charge in [-0.2, -0.15) is 0 Å². The Morgan fingerprint density at radius 2 is 2.05 bits per heavy atom. The van der Waals surface area contributed by atoms with Gasteiger partial charge in [-0.1, -0.05) is 38.2 Å². The standard InChI is InChI=1S/C17H25NOS/c1-11-4-7-16(9-12(11)2)19-10-15-6-5-14(17(18)20)8-13(15)3/h5-6,8,11-12,16H,4,7,9-10H2,1-3H3,(H2,18,20). The summed E-state index contributed by atoms with van der Waals surface area (Å²) in [7, 11) is 0. The van der Waals surface area contributed by atoms with Gasteiger partial charge in [0.2, 0.25) is 0 Å². The second-order valence-corrected chi connectivity index (χ2v) is 6.65. The van der Waals surface area contributed by atoms with E-state index >= 15 is 0 Å². The van der Waals surface area contributed by atoms with Crippen LogP contribution in [0.25, 0.3) is 0 Å². The van der Waals surface area contributed by atoms with E-state index in [1.165, 1.54) is 30.4 Å². The molecule has 1 fully saturated rings. The first-order valence-corrected chi connectivity index (χ1v) is 7.89. The Hall–Kier alpha value is -0.930. The van der Waals surface area contributed by atoms with Gasteiger partial charge in [0.1, 0.15) is 4.99 Å². The molecule has 0 spiro atoms. The van der Waals surface area contributed by atoms with Crippen LogP contribution in [0.5, 0.6) is 0 Å². The highest BCUT2D eigenvalue weighted by Gasteiger charge is 2.24. The smallest absolute Gasteiger partial charge is 0.103 e. The number of hydrogen-bond donors (Lipinski definition) is 1. The van der Waals surface area contributed by atoms with E-state index in [-0.39, 0.29) is 0 Å². The second-order valence-electron chi connectivity index (χ2n) is 6.21. The highest BCUT2D eigenvalue weighted by molar-refractivity contribution is 7.80. The van der Waals surface area contributed by atoms with Crippen LogP contribution in [0.1, 0.15) is 49.8 Å². The Bertz CT molecular complexity index is 486. The van der Waals surface area contributed by atoms with Gasteiger partial charge in [0, 0.05) is 5.56 Å². The lowest BCUT2D eigenvalue weighted by Gasteiger charge is -2.32. The van der Waals surface area contributed by atoms with Gasteiger partial charge in [0.25, 0.3) is 0 Å². The summed E-state index contributed by atoms with van der Waals surface area (Å²) in [5, 5.41) is 0. The number of rotatable bonds is 4. The lowest BCUT2D eigenvalue weighted by Crippen LogP contribution is -2.26. The number of nitrogens with two attached hydrogens (primary N) is 1. The van der Waals surface area contributed by atoms with Gasteiger partial charge >= 0.3 is 0 Å². The second kappa shape index (κ2) is 6.68. The average molecular weight is 291 g/mol. The predicted molar refractivity (Wildman–Crippen MR) is 87.8 cm³/mol. The maximum absolute atomic E-state index is 6.10. The van der Waals surface area contributed by atoms with E-state index in [2.05, 4.69) is 26.8 Å². The molecular formula is C17H25NOS. The lowest BCUT2D eigenvalue weighted by atomic mass is 9.80. The molecule has 2 rings (SSSR count). The summed E-state index contributed by atoms with van der Waals surface area (Å²) in [6.45, 7) is 7.46. The Morgan fingerprint density at radius 1 is 1.30 bits per heavy atom. The van der Waals surface area contributed by atoms with Gasteiger partial charge in [0.15, 0.2) is 0 Å². The van der Waals surface area contributed by atoms with E-state index in [0.29, 0.717) is 17.7 Å². The Labute approximate surface area is 127 Å². The van der Waals surface area contributed by atoms with Gasteiger partial charge in [0.05, 0.1) is 12.7 Å². The molecule has 0 bridgehead atoms. The van der Waals surface area contributed by atoms with Gasteiger partial charge in [-0.05, 0) is 55.2 Å². The third kappa shape index (κ3) is 3.80. The van der Waals surface area contributed by atoms with E-state index in [9.17, 15) is 0 Å². The van der Waals surface area contributed by atoms with Crippen LogP contribution in [0.15, 0.2) is 18.2 Å². The normalized spacial score (nSPS) is 26.4. The van der Waals surface area contributed by atoms with Crippen molar-refractivity contribution in [1.29, 1.82) is 0 Å². The molecule has 110 valence electrons. The van der Waals surface area contributed by atoms with Crippen molar-refractivity contribution in [2.45, 2.75) is 52.7 Å². The molecule has 0 aliphatic heterocycles. The number of benzene rings is 1. The molecular weight excluding hydrogens is 266 g/mol. The van der Waals surface area contributed by atoms with Crippen molar-refractivity contribution in [2.75, 3.05) is 0 Å². The minimum Gasteiger partial charge on any atom is -0.389 e. The number of ether oxygens (including phenoxy) is 1. The minimum absolute atomic E-state index is 0.413. The maximum atomic E-state index is 6.10. The zero-order chi connectivity index (χ0) is 14.7. The Kier molecular flexibility index (Phi) is 5.17. The Morgan fingerprint density at radius 3 is 2.65 bits per heavy atom. The molecule has 2 nitrogen and oxygen atoms in total. The zero-order valence-electron chi connectivity index (χ0n) is 12.7. The summed E-state index contributed by atoms with van der Waals surface area (Å²) in [6.07, 6.45) is 4.07. The van der Waals surface area contributed by atoms with Gasteiger partial charge < -0.3 is 10.5 Å².